The van der Waals surface area contributed by atoms with E-state index in [1.807, 2.05) is 0 Å². The molecule has 0 aromatic rings. The quantitative estimate of drug-likeness (QED) is 0.361. The van der Waals surface area contributed by atoms with Crippen molar-refractivity contribution in [3.05, 3.63) is 0 Å². The van der Waals surface area contributed by atoms with E-state index in [1.165, 1.54) is 38.5 Å². The van der Waals surface area contributed by atoms with Gasteiger partial charge in [0.1, 0.15) is 0 Å². The molecule has 0 N–H and O–H groups in total. The first-order valence-corrected chi connectivity index (χ1v) is 6.45. The minimum absolute atomic E-state index is 0.257. The highest BCUT2D eigenvalue weighted by Crippen LogP contribution is 2.13. The van der Waals surface area contributed by atoms with Crippen LogP contribution in [0, 0.1) is 0 Å². The standard InChI is InChI=1S/C11H21ClOS/c1-2-3-4-5-6-7-8-9-10(14)11(12)13/h10,14H,2-9H2,1H3. The summed E-state index contributed by atoms with van der Waals surface area (Å²) in [5.41, 5.74) is 0. The van der Waals surface area contributed by atoms with E-state index < -0.39 is 0 Å². The van der Waals surface area contributed by atoms with Crippen LogP contribution in [0.25, 0.3) is 0 Å². The van der Waals surface area contributed by atoms with Gasteiger partial charge in [-0.15, -0.1) is 0 Å². The van der Waals surface area contributed by atoms with E-state index in [4.69, 9.17) is 11.6 Å². The van der Waals surface area contributed by atoms with Crippen LogP contribution in [0.15, 0.2) is 0 Å². The number of carbonyl (C=O) groups is 1. The van der Waals surface area contributed by atoms with Crippen molar-refractivity contribution in [2.45, 2.75) is 63.5 Å². The minimum Gasteiger partial charge on any atom is -0.280 e. The van der Waals surface area contributed by atoms with Gasteiger partial charge in [-0.2, -0.15) is 12.6 Å². The van der Waals surface area contributed by atoms with Crippen LogP contribution in [0.2, 0.25) is 0 Å². The van der Waals surface area contributed by atoms with Crippen molar-refractivity contribution >= 4 is 29.5 Å². The molecule has 0 heterocycles. The number of thiol groups is 1. The molecule has 0 bridgehead atoms. The van der Waals surface area contributed by atoms with Gasteiger partial charge in [0.25, 0.3) is 0 Å². The van der Waals surface area contributed by atoms with Crippen LogP contribution in [0.5, 0.6) is 0 Å². The maximum Gasteiger partial charge on any atom is 0.234 e. The lowest BCUT2D eigenvalue weighted by molar-refractivity contribution is -0.111. The van der Waals surface area contributed by atoms with Crippen LogP contribution in [0.4, 0.5) is 0 Å². The van der Waals surface area contributed by atoms with E-state index in [0.29, 0.717) is 0 Å². The normalized spacial score (nSPS) is 12.8. The highest BCUT2D eigenvalue weighted by atomic mass is 35.5. The number of hydrogen-bond donors (Lipinski definition) is 1. The molecular formula is C11H21ClOS. The predicted molar refractivity (Wildman–Crippen MR) is 66.2 cm³/mol. The summed E-state index contributed by atoms with van der Waals surface area (Å²) in [6.07, 6.45) is 9.66. The van der Waals surface area contributed by atoms with Gasteiger partial charge in [-0.05, 0) is 18.0 Å². The second-order valence-corrected chi connectivity index (χ2v) is 4.73. The summed E-state index contributed by atoms with van der Waals surface area (Å²) in [5, 5.41) is -0.577. The largest absolute Gasteiger partial charge is 0.280 e. The third kappa shape index (κ3) is 8.89. The summed E-state index contributed by atoms with van der Waals surface area (Å²) in [6, 6.07) is 0. The fraction of sp³-hybridized carbons (Fsp3) is 0.909. The molecule has 1 atom stereocenters. The van der Waals surface area contributed by atoms with E-state index in [1.54, 1.807) is 0 Å². The zero-order valence-electron chi connectivity index (χ0n) is 8.97. The molecule has 0 radical (unpaired) electrons. The van der Waals surface area contributed by atoms with Gasteiger partial charge in [-0.1, -0.05) is 51.9 Å². The first kappa shape index (κ1) is 14.3. The Kier molecular flexibility index (Phi) is 10.1. The van der Waals surface area contributed by atoms with Crippen molar-refractivity contribution in [1.29, 1.82) is 0 Å². The molecule has 0 rings (SSSR count). The molecule has 0 saturated carbocycles. The monoisotopic (exact) mass is 236 g/mol. The van der Waals surface area contributed by atoms with Crippen molar-refractivity contribution in [3.63, 3.8) is 0 Å². The molecule has 0 aliphatic heterocycles. The van der Waals surface area contributed by atoms with Gasteiger partial charge in [-0.25, -0.2) is 0 Å². The van der Waals surface area contributed by atoms with Gasteiger partial charge >= 0.3 is 0 Å². The lowest BCUT2D eigenvalue weighted by atomic mass is 10.1. The third-order valence-electron chi connectivity index (χ3n) is 2.34. The number of rotatable bonds is 9. The average Bonchev–Trinajstić information content (AvgIpc) is 2.16. The van der Waals surface area contributed by atoms with E-state index in [0.717, 1.165) is 12.8 Å². The minimum atomic E-state index is -0.320. The molecule has 0 aromatic heterocycles. The summed E-state index contributed by atoms with van der Waals surface area (Å²) in [6.45, 7) is 2.22. The fourth-order valence-electron chi connectivity index (χ4n) is 1.41. The van der Waals surface area contributed by atoms with Crippen LogP contribution in [-0.2, 0) is 4.79 Å². The topological polar surface area (TPSA) is 17.1 Å². The van der Waals surface area contributed by atoms with E-state index >= 15 is 0 Å². The summed E-state index contributed by atoms with van der Waals surface area (Å²) < 4.78 is 0. The Morgan fingerprint density at radius 1 is 1.14 bits per heavy atom. The van der Waals surface area contributed by atoms with Gasteiger partial charge in [0.05, 0.1) is 5.25 Å². The number of halogens is 1. The number of unbranched alkanes of at least 4 members (excludes halogenated alkanes) is 6. The van der Waals surface area contributed by atoms with Crippen molar-refractivity contribution in [2.24, 2.45) is 0 Å². The third-order valence-corrected chi connectivity index (χ3v) is 3.25. The van der Waals surface area contributed by atoms with Crippen molar-refractivity contribution in [1.82, 2.24) is 0 Å². The van der Waals surface area contributed by atoms with Crippen molar-refractivity contribution < 1.29 is 4.79 Å². The maximum atomic E-state index is 10.6. The number of carbonyl (C=O) groups excluding carboxylic acids is 1. The van der Waals surface area contributed by atoms with Crippen molar-refractivity contribution in [2.75, 3.05) is 0 Å². The molecule has 0 fully saturated rings. The zero-order valence-corrected chi connectivity index (χ0v) is 10.6. The van der Waals surface area contributed by atoms with Crippen LogP contribution < -0.4 is 0 Å². The van der Waals surface area contributed by atoms with Gasteiger partial charge in [0.2, 0.25) is 5.24 Å². The Balaban J connectivity index is 3.09. The highest BCUT2D eigenvalue weighted by Gasteiger charge is 2.09. The SMILES string of the molecule is CCCCCCCCCC(S)C(=O)Cl. The van der Waals surface area contributed by atoms with E-state index in [2.05, 4.69) is 19.6 Å². The Morgan fingerprint density at radius 2 is 1.64 bits per heavy atom. The maximum absolute atomic E-state index is 10.6. The summed E-state index contributed by atoms with van der Waals surface area (Å²) in [7, 11) is 0. The molecule has 0 spiro atoms. The van der Waals surface area contributed by atoms with Crippen molar-refractivity contribution in [3.8, 4) is 0 Å². The predicted octanol–water partition coefficient (Wildman–Crippen LogP) is 4.19. The molecule has 84 valence electrons. The molecule has 0 aliphatic rings. The molecule has 0 amide bonds. The molecule has 1 nitrogen and oxygen atoms in total. The summed E-state index contributed by atoms with van der Waals surface area (Å²) in [5.74, 6) is 0. The zero-order chi connectivity index (χ0) is 10.8. The van der Waals surface area contributed by atoms with Gasteiger partial charge in [-0.3, -0.25) is 4.79 Å². The van der Waals surface area contributed by atoms with Crippen LogP contribution in [-0.4, -0.2) is 10.5 Å². The van der Waals surface area contributed by atoms with Crippen LogP contribution in [0.3, 0.4) is 0 Å². The van der Waals surface area contributed by atoms with Crippen LogP contribution in [0.1, 0.15) is 58.3 Å². The van der Waals surface area contributed by atoms with Crippen LogP contribution >= 0.6 is 24.2 Å². The van der Waals surface area contributed by atoms with Gasteiger partial charge in [0, 0.05) is 0 Å². The smallest absolute Gasteiger partial charge is 0.234 e. The molecule has 14 heavy (non-hydrogen) atoms. The first-order chi connectivity index (χ1) is 6.68. The van der Waals surface area contributed by atoms with Gasteiger partial charge in [0.15, 0.2) is 0 Å². The first-order valence-electron chi connectivity index (χ1n) is 5.56. The lowest BCUT2D eigenvalue weighted by Gasteiger charge is -2.04. The Hall–Kier alpha value is 0.310. The molecule has 0 aromatic carbocycles. The van der Waals surface area contributed by atoms with Gasteiger partial charge < -0.3 is 0 Å². The molecular weight excluding hydrogens is 216 g/mol. The molecule has 3 heteroatoms. The Morgan fingerprint density at radius 3 is 2.14 bits per heavy atom. The average molecular weight is 237 g/mol. The summed E-state index contributed by atoms with van der Waals surface area (Å²) in [4.78, 5) is 10.6. The molecule has 0 saturated heterocycles. The second kappa shape index (κ2) is 9.85. The Bertz CT molecular complexity index is 150. The van der Waals surface area contributed by atoms with E-state index in [9.17, 15) is 4.79 Å². The highest BCUT2D eigenvalue weighted by molar-refractivity contribution is 7.82. The van der Waals surface area contributed by atoms with E-state index in [-0.39, 0.29) is 10.5 Å². The fourth-order valence-corrected chi connectivity index (χ4v) is 1.70. The Labute approximate surface area is 98.0 Å². The molecule has 1 unspecified atom stereocenters. The number of hydrogen-bond acceptors (Lipinski definition) is 2. The summed E-state index contributed by atoms with van der Waals surface area (Å²) >= 11 is 9.40. The second-order valence-electron chi connectivity index (χ2n) is 3.73. The molecule has 0 aliphatic carbocycles. The lowest BCUT2D eigenvalue weighted by Crippen LogP contribution is -2.07.